The van der Waals surface area contributed by atoms with Gasteiger partial charge >= 0.3 is 0 Å². The SMILES string of the molecule is CC(=O)N(Cc1ccccn1)c1ccc(-c2cccc3nc(N)nn23)cc1. The molecule has 3 aromatic heterocycles. The van der Waals surface area contributed by atoms with Crippen LogP contribution in [-0.2, 0) is 11.3 Å². The number of carbonyl (C=O) groups excluding carboxylic acids is 1. The van der Waals surface area contributed by atoms with Crippen LogP contribution in [0, 0.1) is 0 Å². The minimum absolute atomic E-state index is 0.0421. The van der Waals surface area contributed by atoms with Crippen LogP contribution in [0.15, 0.2) is 66.9 Å². The van der Waals surface area contributed by atoms with Crippen LogP contribution in [0.3, 0.4) is 0 Å². The fourth-order valence-corrected chi connectivity index (χ4v) is 2.99. The topological polar surface area (TPSA) is 89.4 Å². The molecular formula is C20H18N6O. The second-order valence-corrected chi connectivity index (χ2v) is 6.12. The Morgan fingerprint density at radius 2 is 1.89 bits per heavy atom. The van der Waals surface area contributed by atoms with Gasteiger partial charge in [-0.2, -0.15) is 4.98 Å². The summed E-state index contributed by atoms with van der Waals surface area (Å²) >= 11 is 0. The van der Waals surface area contributed by atoms with E-state index in [1.807, 2.05) is 60.7 Å². The quantitative estimate of drug-likeness (QED) is 0.606. The molecule has 0 saturated heterocycles. The van der Waals surface area contributed by atoms with Crippen molar-refractivity contribution in [2.45, 2.75) is 13.5 Å². The number of amides is 1. The summed E-state index contributed by atoms with van der Waals surface area (Å²) in [6, 6.07) is 19.1. The molecule has 0 aliphatic heterocycles. The van der Waals surface area contributed by atoms with Crippen molar-refractivity contribution in [1.29, 1.82) is 0 Å². The highest BCUT2D eigenvalue weighted by Crippen LogP contribution is 2.25. The van der Waals surface area contributed by atoms with Gasteiger partial charge < -0.3 is 10.6 Å². The Morgan fingerprint density at radius 1 is 1.07 bits per heavy atom. The van der Waals surface area contributed by atoms with Crippen LogP contribution in [0.5, 0.6) is 0 Å². The highest BCUT2D eigenvalue weighted by molar-refractivity contribution is 5.91. The Morgan fingerprint density at radius 3 is 2.59 bits per heavy atom. The van der Waals surface area contributed by atoms with Crippen LogP contribution in [0.1, 0.15) is 12.6 Å². The predicted octanol–water partition coefficient (Wildman–Crippen LogP) is 2.93. The van der Waals surface area contributed by atoms with Gasteiger partial charge in [0.2, 0.25) is 11.9 Å². The molecule has 7 nitrogen and oxygen atoms in total. The first kappa shape index (κ1) is 16.7. The Bertz CT molecular complexity index is 1090. The first-order valence-electron chi connectivity index (χ1n) is 8.51. The molecule has 3 heterocycles. The molecule has 0 bridgehead atoms. The van der Waals surface area contributed by atoms with E-state index in [0.29, 0.717) is 12.2 Å². The zero-order chi connectivity index (χ0) is 18.8. The summed E-state index contributed by atoms with van der Waals surface area (Å²) in [6.07, 6.45) is 1.72. The van der Waals surface area contributed by atoms with Crippen molar-refractivity contribution in [2.75, 3.05) is 10.6 Å². The molecule has 0 aliphatic rings. The average molecular weight is 358 g/mol. The molecule has 0 saturated carbocycles. The van der Waals surface area contributed by atoms with Gasteiger partial charge in [-0.05, 0) is 36.4 Å². The molecule has 0 fully saturated rings. The van der Waals surface area contributed by atoms with Crippen LogP contribution in [-0.4, -0.2) is 25.5 Å². The zero-order valence-electron chi connectivity index (χ0n) is 14.8. The third-order valence-electron chi connectivity index (χ3n) is 4.28. The Kier molecular flexibility index (Phi) is 4.25. The smallest absolute Gasteiger partial charge is 0.240 e. The van der Waals surface area contributed by atoms with Crippen LogP contribution >= 0.6 is 0 Å². The summed E-state index contributed by atoms with van der Waals surface area (Å²) in [5.41, 5.74) is 9.88. The van der Waals surface area contributed by atoms with Crippen molar-refractivity contribution in [3.8, 4) is 11.3 Å². The third kappa shape index (κ3) is 3.35. The molecular weight excluding hydrogens is 340 g/mol. The van der Waals surface area contributed by atoms with Gasteiger partial charge in [0.15, 0.2) is 5.65 Å². The van der Waals surface area contributed by atoms with Crippen molar-refractivity contribution >= 4 is 23.2 Å². The standard InChI is InChI=1S/C20H18N6O/c1-14(27)25(13-16-5-2-3-12-22-16)17-10-8-15(9-11-17)18-6-4-7-19-23-20(21)24-26(18)19/h2-12H,13H2,1H3,(H2,21,24). The molecule has 0 radical (unpaired) electrons. The van der Waals surface area contributed by atoms with Crippen molar-refractivity contribution in [3.63, 3.8) is 0 Å². The minimum Gasteiger partial charge on any atom is -0.366 e. The molecule has 1 aromatic carbocycles. The molecule has 27 heavy (non-hydrogen) atoms. The molecule has 4 rings (SSSR count). The van der Waals surface area contributed by atoms with Crippen molar-refractivity contribution in [1.82, 2.24) is 19.6 Å². The predicted molar refractivity (Wildman–Crippen MR) is 104 cm³/mol. The van der Waals surface area contributed by atoms with Gasteiger partial charge in [-0.25, -0.2) is 4.52 Å². The molecule has 0 unspecified atom stereocenters. The highest BCUT2D eigenvalue weighted by Gasteiger charge is 2.14. The number of nitrogens with two attached hydrogens (primary N) is 1. The number of rotatable bonds is 4. The lowest BCUT2D eigenvalue weighted by Gasteiger charge is -2.21. The summed E-state index contributed by atoms with van der Waals surface area (Å²) in [6.45, 7) is 1.97. The number of nitrogen functional groups attached to an aromatic ring is 1. The third-order valence-corrected chi connectivity index (χ3v) is 4.28. The summed E-state index contributed by atoms with van der Waals surface area (Å²) in [5, 5.41) is 4.24. The Hall–Kier alpha value is -3.74. The number of fused-ring (bicyclic) bond motifs is 1. The maximum atomic E-state index is 12.1. The van der Waals surface area contributed by atoms with Gasteiger partial charge in [0.1, 0.15) is 0 Å². The van der Waals surface area contributed by atoms with E-state index in [2.05, 4.69) is 15.1 Å². The summed E-state index contributed by atoms with van der Waals surface area (Å²) in [5.74, 6) is 0.191. The first-order chi connectivity index (χ1) is 13.1. The number of aromatic nitrogens is 4. The first-order valence-corrected chi connectivity index (χ1v) is 8.51. The maximum Gasteiger partial charge on any atom is 0.240 e. The molecule has 7 heteroatoms. The maximum absolute atomic E-state index is 12.1. The van der Waals surface area contributed by atoms with Crippen LogP contribution in [0.25, 0.3) is 16.9 Å². The Labute approximate surface area is 156 Å². The van der Waals surface area contributed by atoms with E-state index in [1.54, 1.807) is 22.5 Å². The van der Waals surface area contributed by atoms with E-state index in [-0.39, 0.29) is 11.9 Å². The molecule has 0 spiro atoms. The van der Waals surface area contributed by atoms with E-state index in [9.17, 15) is 4.79 Å². The highest BCUT2D eigenvalue weighted by atomic mass is 16.2. The number of nitrogens with zero attached hydrogens (tertiary/aromatic N) is 5. The van der Waals surface area contributed by atoms with E-state index in [4.69, 9.17) is 5.73 Å². The number of hydrogen-bond donors (Lipinski definition) is 1. The molecule has 1 amide bonds. The molecule has 2 N–H and O–H groups in total. The summed E-state index contributed by atoms with van der Waals surface area (Å²) in [7, 11) is 0. The number of pyridine rings is 2. The lowest BCUT2D eigenvalue weighted by Crippen LogP contribution is -2.28. The second-order valence-electron chi connectivity index (χ2n) is 6.12. The Balaban J connectivity index is 1.67. The van der Waals surface area contributed by atoms with Gasteiger partial charge in [-0.15, -0.1) is 5.10 Å². The van der Waals surface area contributed by atoms with Crippen LogP contribution in [0.4, 0.5) is 11.6 Å². The van der Waals surface area contributed by atoms with Crippen molar-refractivity contribution in [3.05, 3.63) is 72.6 Å². The molecule has 0 atom stereocenters. The van der Waals surface area contributed by atoms with Gasteiger partial charge in [-0.1, -0.05) is 24.3 Å². The molecule has 134 valence electrons. The van der Waals surface area contributed by atoms with E-state index in [0.717, 1.165) is 22.6 Å². The number of carbonyl (C=O) groups is 1. The number of anilines is 2. The normalized spacial score (nSPS) is 10.9. The summed E-state index contributed by atoms with van der Waals surface area (Å²) in [4.78, 5) is 22.3. The minimum atomic E-state index is -0.0421. The monoisotopic (exact) mass is 358 g/mol. The molecule has 0 aliphatic carbocycles. The average Bonchev–Trinajstić information content (AvgIpc) is 3.07. The number of hydrogen-bond acceptors (Lipinski definition) is 5. The van der Waals surface area contributed by atoms with E-state index < -0.39 is 0 Å². The second kappa shape index (κ2) is 6.87. The van der Waals surface area contributed by atoms with Gasteiger partial charge in [-0.3, -0.25) is 9.78 Å². The van der Waals surface area contributed by atoms with Crippen molar-refractivity contribution in [2.24, 2.45) is 0 Å². The molecule has 4 aromatic rings. The number of benzene rings is 1. The van der Waals surface area contributed by atoms with Gasteiger partial charge in [0, 0.05) is 24.4 Å². The van der Waals surface area contributed by atoms with Gasteiger partial charge in [0.05, 0.1) is 17.9 Å². The van der Waals surface area contributed by atoms with Crippen LogP contribution in [0.2, 0.25) is 0 Å². The zero-order valence-corrected chi connectivity index (χ0v) is 14.8. The van der Waals surface area contributed by atoms with Crippen LogP contribution < -0.4 is 10.6 Å². The fraction of sp³-hybridized carbons (Fsp3) is 0.100. The largest absolute Gasteiger partial charge is 0.366 e. The van der Waals surface area contributed by atoms with Gasteiger partial charge in [0.25, 0.3) is 0 Å². The summed E-state index contributed by atoms with van der Waals surface area (Å²) < 4.78 is 1.71. The van der Waals surface area contributed by atoms with E-state index >= 15 is 0 Å². The van der Waals surface area contributed by atoms with E-state index in [1.165, 1.54) is 0 Å². The lowest BCUT2D eigenvalue weighted by atomic mass is 10.1. The lowest BCUT2D eigenvalue weighted by molar-refractivity contribution is -0.116. The van der Waals surface area contributed by atoms with Crippen molar-refractivity contribution < 1.29 is 4.79 Å². The fourth-order valence-electron chi connectivity index (χ4n) is 2.99.